The molecule has 0 radical (unpaired) electrons. The van der Waals surface area contributed by atoms with Crippen molar-refractivity contribution < 1.29 is 19.1 Å². The van der Waals surface area contributed by atoms with Crippen molar-refractivity contribution in [1.82, 2.24) is 5.32 Å². The Morgan fingerprint density at radius 1 is 1.10 bits per heavy atom. The highest BCUT2D eigenvalue weighted by molar-refractivity contribution is 5.89. The third kappa shape index (κ3) is 5.02. The number of carboxylic acid groups (broad SMARTS) is 1. The zero-order valence-corrected chi connectivity index (χ0v) is 11.3. The van der Waals surface area contributed by atoms with Gasteiger partial charge in [-0.25, -0.2) is 4.79 Å². The van der Waals surface area contributed by atoms with Crippen molar-refractivity contribution in [1.29, 1.82) is 0 Å². The number of carboxylic acids is 1. The Labute approximate surface area is 121 Å². The maximum atomic E-state index is 11.7. The van der Waals surface area contributed by atoms with Gasteiger partial charge in [-0.1, -0.05) is 12.1 Å². The third-order valence-corrected chi connectivity index (χ3v) is 2.87. The van der Waals surface area contributed by atoms with Crippen LogP contribution in [0.2, 0.25) is 0 Å². The van der Waals surface area contributed by atoms with Gasteiger partial charge in [-0.2, -0.15) is 0 Å². The number of aryl methyl sites for hydroxylation is 1. The second-order valence-electron chi connectivity index (χ2n) is 4.53. The number of hydrogen-bond acceptors (Lipinski definition) is 3. The standard InChI is InChI=1S/C15H16N2O4/c18-14(19)6-3-11-1-4-13(5-2-11)17-15(20)16-9-12-7-8-21-10-12/h1-2,4-5,7-8,10H,3,6,9H2,(H,18,19)(H2,16,17,20). The molecule has 0 spiro atoms. The summed E-state index contributed by atoms with van der Waals surface area (Å²) in [6, 6.07) is 8.55. The summed E-state index contributed by atoms with van der Waals surface area (Å²) in [5, 5.41) is 14.0. The van der Waals surface area contributed by atoms with Crippen LogP contribution in [0.3, 0.4) is 0 Å². The van der Waals surface area contributed by atoms with Crippen LogP contribution < -0.4 is 10.6 Å². The SMILES string of the molecule is O=C(O)CCc1ccc(NC(=O)NCc2ccoc2)cc1. The minimum Gasteiger partial charge on any atom is -0.481 e. The van der Waals surface area contributed by atoms with Gasteiger partial charge < -0.3 is 20.2 Å². The third-order valence-electron chi connectivity index (χ3n) is 2.87. The van der Waals surface area contributed by atoms with Gasteiger partial charge in [0.15, 0.2) is 0 Å². The molecule has 0 fully saturated rings. The van der Waals surface area contributed by atoms with Crippen molar-refractivity contribution in [3.63, 3.8) is 0 Å². The van der Waals surface area contributed by atoms with Crippen LogP contribution >= 0.6 is 0 Å². The maximum absolute atomic E-state index is 11.7. The summed E-state index contributed by atoms with van der Waals surface area (Å²) in [4.78, 5) is 22.2. The van der Waals surface area contributed by atoms with E-state index in [0.29, 0.717) is 18.7 Å². The van der Waals surface area contributed by atoms with Crippen molar-refractivity contribution >= 4 is 17.7 Å². The zero-order valence-electron chi connectivity index (χ0n) is 11.3. The lowest BCUT2D eigenvalue weighted by molar-refractivity contribution is -0.136. The van der Waals surface area contributed by atoms with Crippen LogP contribution in [0.25, 0.3) is 0 Å². The van der Waals surface area contributed by atoms with Gasteiger partial charge in [-0.3, -0.25) is 4.79 Å². The molecule has 0 atom stereocenters. The molecule has 0 aliphatic heterocycles. The number of carbonyl (C=O) groups is 2. The van der Waals surface area contributed by atoms with Crippen LogP contribution in [-0.2, 0) is 17.8 Å². The van der Waals surface area contributed by atoms with Gasteiger partial charge in [0.2, 0.25) is 0 Å². The lowest BCUT2D eigenvalue weighted by Gasteiger charge is -2.07. The fraction of sp³-hybridized carbons (Fsp3) is 0.200. The van der Waals surface area contributed by atoms with Gasteiger partial charge in [-0.05, 0) is 30.2 Å². The predicted octanol–water partition coefficient (Wildman–Crippen LogP) is 2.62. The summed E-state index contributed by atoms with van der Waals surface area (Å²) in [6.07, 6.45) is 3.68. The van der Waals surface area contributed by atoms with E-state index in [1.54, 1.807) is 42.9 Å². The molecule has 6 heteroatoms. The molecule has 0 saturated heterocycles. The zero-order chi connectivity index (χ0) is 15.1. The van der Waals surface area contributed by atoms with Crippen molar-refractivity contribution in [2.24, 2.45) is 0 Å². The first-order chi connectivity index (χ1) is 10.1. The molecule has 2 rings (SSSR count). The van der Waals surface area contributed by atoms with Gasteiger partial charge in [-0.15, -0.1) is 0 Å². The maximum Gasteiger partial charge on any atom is 0.319 e. The molecule has 0 saturated carbocycles. The first-order valence-electron chi connectivity index (χ1n) is 6.50. The largest absolute Gasteiger partial charge is 0.481 e. The smallest absolute Gasteiger partial charge is 0.319 e. The minimum atomic E-state index is -0.823. The Balaban J connectivity index is 1.79. The summed E-state index contributed by atoms with van der Waals surface area (Å²) in [7, 11) is 0. The summed E-state index contributed by atoms with van der Waals surface area (Å²) in [6.45, 7) is 0.388. The van der Waals surface area contributed by atoms with E-state index in [1.807, 2.05) is 0 Å². The Bertz CT molecular complexity index is 591. The van der Waals surface area contributed by atoms with E-state index >= 15 is 0 Å². The Hall–Kier alpha value is -2.76. The van der Waals surface area contributed by atoms with Gasteiger partial charge in [0.1, 0.15) is 0 Å². The number of hydrogen-bond donors (Lipinski definition) is 3. The molecule has 0 bridgehead atoms. The first-order valence-corrected chi connectivity index (χ1v) is 6.50. The highest BCUT2D eigenvalue weighted by Crippen LogP contribution is 2.11. The molecule has 2 amide bonds. The molecule has 110 valence electrons. The highest BCUT2D eigenvalue weighted by Gasteiger charge is 2.03. The molecule has 1 aromatic carbocycles. The van der Waals surface area contributed by atoms with Crippen LogP contribution in [0.4, 0.5) is 10.5 Å². The van der Waals surface area contributed by atoms with Gasteiger partial charge in [0.05, 0.1) is 12.5 Å². The van der Waals surface area contributed by atoms with Gasteiger partial charge in [0.25, 0.3) is 0 Å². The number of aliphatic carboxylic acids is 1. The second kappa shape index (κ2) is 7.14. The van der Waals surface area contributed by atoms with Crippen molar-refractivity contribution in [2.45, 2.75) is 19.4 Å². The van der Waals surface area contributed by atoms with Crippen LogP contribution in [0, 0.1) is 0 Å². The van der Waals surface area contributed by atoms with Crippen LogP contribution in [0.1, 0.15) is 17.5 Å². The number of furan rings is 1. The van der Waals surface area contributed by atoms with E-state index < -0.39 is 5.97 Å². The number of carbonyl (C=O) groups excluding carboxylic acids is 1. The second-order valence-corrected chi connectivity index (χ2v) is 4.53. The molecule has 6 nitrogen and oxygen atoms in total. The van der Waals surface area contributed by atoms with Crippen molar-refractivity contribution in [2.75, 3.05) is 5.32 Å². The number of anilines is 1. The van der Waals surface area contributed by atoms with Gasteiger partial charge in [0, 0.05) is 24.2 Å². The molecular formula is C15H16N2O4. The molecule has 0 aliphatic rings. The first kappa shape index (κ1) is 14.6. The van der Waals surface area contributed by atoms with Crippen LogP contribution in [-0.4, -0.2) is 17.1 Å². The number of rotatable bonds is 6. The van der Waals surface area contributed by atoms with Crippen molar-refractivity contribution in [3.05, 3.63) is 54.0 Å². The minimum absolute atomic E-state index is 0.0952. The average molecular weight is 288 g/mol. The molecule has 21 heavy (non-hydrogen) atoms. The van der Waals surface area contributed by atoms with Crippen molar-refractivity contribution in [3.8, 4) is 0 Å². The van der Waals surface area contributed by atoms with E-state index in [-0.39, 0.29) is 12.5 Å². The average Bonchev–Trinajstić information content (AvgIpc) is 2.98. The molecule has 0 aliphatic carbocycles. The van der Waals surface area contributed by atoms with E-state index in [4.69, 9.17) is 9.52 Å². The van der Waals surface area contributed by atoms with E-state index in [1.165, 1.54) is 0 Å². The lowest BCUT2D eigenvalue weighted by atomic mass is 10.1. The molecule has 1 aromatic heterocycles. The van der Waals surface area contributed by atoms with E-state index in [9.17, 15) is 9.59 Å². The molecule has 0 unspecified atom stereocenters. The van der Waals surface area contributed by atoms with Gasteiger partial charge >= 0.3 is 12.0 Å². The molecular weight excluding hydrogens is 272 g/mol. The summed E-state index contributed by atoms with van der Waals surface area (Å²) >= 11 is 0. The predicted molar refractivity (Wildman–Crippen MR) is 77.0 cm³/mol. The number of urea groups is 1. The van der Waals surface area contributed by atoms with E-state index in [0.717, 1.165) is 11.1 Å². The number of amides is 2. The topological polar surface area (TPSA) is 91.6 Å². The fourth-order valence-corrected chi connectivity index (χ4v) is 1.76. The Morgan fingerprint density at radius 3 is 2.48 bits per heavy atom. The Morgan fingerprint density at radius 2 is 1.86 bits per heavy atom. The summed E-state index contributed by atoms with van der Waals surface area (Å²) < 4.78 is 4.90. The normalized spacial score (nSPS) is 10.1. The van der Waals surface area contributed by atoms with E-state index in [2.05, 4.69) is 10.6 Å². The Kier molecular flexibility index (Phi) is 4.98. The van der Waals surface area contributed by atoms with Crippen LogP contribution in [0.5, 0.6) is 0 Å². The molecule has 2 aromatic rings. The molecule has 3 N–H and O–H groups in total. The summed E-state index contributed by atoms with van der Waals surface area (Å²) in [5.41, 5.74) is 2.45. The van der Waals surface area contributed by atoms with Crippen LogP contribution in [0.15, 0.2) is 47.3 Å². The molecule has 1 heterocycles. The number of nitrogens with one attached hydrogen (secondary N) is 2. The summed E-state index contributed by atoms with van der Waals surface area (Å²) in [5.74, 6) is -0.823. The highest BCUT2D eigenvalue weighted by atomic mass is 16.4. The fourth-order valence-electron chi connectivity index (χ4n) is 1.76. The number of benzene rings is 1. The quantitative estimate of drug-likeness (QED) is 0.762. The lowest BCUT2D eigenvalue weighted by Crippen LogP contribution is -2.27. The monoisotopic (exact) mass is 288 g/mol.